The number of hydrogen-bond acceptors (Lipinski definition) is 23. The maximum Gasteiger partial charge on any atom is 0.376 e. The van der Waals surface area contributed by atoms with Crippen molar-refractivity contribution in [2.24, 2.45) is 47.3 Å². The number of ether oxygens (including phenoxy) is 15. The van der Waals surface area contributed by atoms with Crippen LogP contribution >= 0.6 is 0 Å². The van der Waals surface area contributed by atoms with Gasteiger partial charge < -0.3 is 91.9 Å². The first kappa shape index (κ1) is 84.6. The van der Waals surface area contributed by atoms with Gasteiger partial charge in [0.25, 0.3) is 5.78 Å². The van der Waals surface area contributed by atoms with E-state index in [1.165, 1.54) is 20.8 Å². The Bertz CT molecular complexity index is 4010. The summed E-state index contributed by atoms with van der Waals surface area (Å²) in [7, 11) is 0. The number of fused-ring (bicyclic) bond motifs is 4. The van der Waals surface area contributed by atoms with Crippen molar-refractivity contribution < 1.29 is 105 Å². The average molecular weight is 1580 g/mol. The van der Waals surface area contributed by atoms with Crippen LogP contribution in [-0.2, 0) is 115 Å². The molecule has 6 aliphatic heterocycles. The van der Waals surface area contributed by atoms with Crippen LogP contribution in [0.2, 0.25) is 0 Å². The molecule has 0 saturated carbocycles. The molecule has 114 heavy (non-hydrogen) atoms. The Morgan fingerprint density at radius 2 is 0.912 bits per heavy atom. The molecule has 0 spiro atoms. The predicted octanol–water partition coefficient (Wildman–Crippen LogP) is 10.2. The lowest BCUT2D eigenvalue weighted by Crippen LogP contribution is -2.66. The van der Waals surface area contributed by atoms with Crippen LogP contribution in [0.1, 0.15) is 122 Å². The highest BCUT2D eigenvalue weighted by atomic mass is 16.8. The second-order valence-electron chi connectivity index (χ2n) is 32.0. The number of carbonyl (C=O) groups is 4. The summed E-state index contributed by atoms with van der Waals surface area (Å²) in [5.74, 6) is -5.87. The highest BCUT2D eigenvalue weighted by molar-refractivity contribution is 6.35. The molecule has 6 saturated heterocycles. The lowest BCUT2D eigenvalue weighted by Gasteiger charge is -2.51. The first-order valence-corrected chi connectivity index (χ1v) is 40.3. The van der Waals surface area contributed by atoms with Gasteiger partial charge in [-0.3, -0.25) is 19.2 Å². The van der Waals surface area contributed by atoms with Gasteiger partial charge in [0.2, 0.25) is 11.8 Å². The average Bonchev–Trinajstić information content (AvgIpc) is 1.33. The van der Waals surface area contributed by atoms with Gasteiger partial charge in [-0.15, -0.1) is 0 Å². The molecule has 28 atom stereocenters. The zero-order valence-corrected chi connectivity index (χ0v) is 66.8. The van der Waals surface area contributed by atoms with Crippen LogP contribution in [-0.4, -0.2) is 190 Å². The molecule has 7 aliphatic rings. The van der Waals surface area contributed by atoms with Crippen LogP contribution in [0, 0.1) is 47.3 Å². The highest BCUT2D eigenvalue weighted by Crippen LogP contribution is 2.47. The Morgan fingerprint density at radius 3 is 1.45 bits per heavy atom. The molecule has 616 valence electrons. The highest BCUT2D eigenvalue weighted by Gasteiger charge is 2.56. The monoisotopic (exact) mass is 1580 g/mol. The topological polar surface area (TPSA) is 293 Å². The van der Waals surface area contributed by atoms with E-state index < -0.39 is 159 Å². The number of carbonyl (C=O) groups excluding carboxylic acids is 4. The number of aliphatic hydroxyl groups is 2. The summed E-state index contributed by atoms with van der Waals surface area (Å²) in [6.45, 7) is 21.0. The number of esters is 1. The second kappa shape index (κ2) is 39.3. The van der Waals surface area contributed by atoms with Crippen molar-refractivity contribution in [3.63, 3.8) is 0 Å². The molecular formula is C89H113N3O22. The predicted molar refractivity (Wildman–Crippen MR) is 416 cm³/mol. The van der Waals surface area contributed by atoms with Gasteiger partial charge in [0.1, 0.15) is 43.2 Å². The summed E-state index contributed by atoms with van der Waals surface area (Å²) >= 11 is 0. The minimum Gasteiger partial charge on any atom is -0.459 e. The molecule has 25 nitrogen and oxygen atoms in total. The molecular weight excluding hydrogens is 1460 g/mol. The molecule has 0 bridgehead atoms. The van der Waals surface area contributed by atoms with Crippen LogP contribution < -0.4 is 16.1 Å². The molecule has 6 aromatic rings. The van der Waals surface area contributed by atoms with Crippen molar-refractivity contribution >= 4 is 23.6 Å². The van der Waals surface area contributed by atoms with E-state index in [0.717, 1.165) is 44.5 Å². The molecule has 5 N–H and O–H groups in total. The van der Waals surface area contributed by atoms with Crippen molar-refractivity contribution in [3.8, 4) is 11.1 Å². The summed E-state index contributed by atoms with van der Waals surface area (Å²) in [6, 6.07) is 51.1. The Hall–Kier alpha value is -7.32. The van der Waals surface area contributed by atoms with Gasteiger partial charge in [-0.1, -0.05) is 225 Å². The largest absolute Gasteiger partial charge is 0.459 e. The zero-order chi connectivity index (χ0) is 80.3. The molecule has 12 unspecified atom stereocenters. The van der Waals surface area contributed by atoms with Crippen molar-refractivity contribution in [3.05, 3.63) is 203 Å². The fourth-order valence-corrected chi connectivity index (χ4v) is 16.9. The fourth-order valence-electron chi connectivity index (χ4n) is 16.9. The zero-order valence-electron chi connectivity index (χ0n) is 66.8. The summed E-state index contributed by atoms with van der Waals surface area (Å²) in [5, 5.41) is 30.7. The van der Waals surface area contributed by atoms with Gasteiger partial charge in [0.05, 0.1) is 102 Å². The van der Waals surface area contributed by atoms with Crippen molar-refractivity contribution in [1.29, 1.82) is 0 Å². The van der Waals surface area contributed by atoms with E-state index in [-0.39, 0.29) is 87.4 Å². The molecule has 0 radical (unpaired) electrons. The number of benzene rings is 6. The van der Waals surface area contributed by atoms with Gasteiger partial charge >= 0.3 is 5.97 Å². The summed E-state index contributed by atoms with van der Waals surface area (Å²) in [5.41, 5.74) is 10.3. The smallest absolute Gasteiger partial charge is 0.376 e. The van der Waals surface area contributed by atoms with E-state index in [2.05, 4.69) is 50.7 Å². The van der Waals surface area contributed by atoms with E-state index in [1.54, 1.807) is 6.92 Å². The maximum absolute atomic E-state index is 14.4. The van der Waals surface area contributed by atoms with Gasteiger partial charge in [0.15, 0.2) is 37.7 Å². The molecule has 6 fully saturated rings. The standard InChI is InChI=1S/C89H113N3O22/c1-49-50(2)69(44-99-40-60-28-16-12-17-29-60)105-84(52(49)4)110-81-55(7)75(91-59(11)95)89(109-72(81)46-101-42-62-32-20-14-21-33-62)113-82-56(8)86(114-92-76(57(9)93)78(97)83(98)102-43-68-66-38-26-24-36-64(66)65-37-25-27-39-67(65)68)106-70(77(82)96)47-104-88-74(90-58(10)94)54(6)80(71(108-88)45-100-41-61-30-18-13-19-31-61)111-85-53(5)51(3)79-73(107-85)48-103-87(112-79)63-34-22-15-23-35-63/h12-39,49-57,68-77,79-82,84-89,92-93,96H,40-48H2,1-11H3,(H,90,94)(H,91,95)/t49-,50+,51+,52?,53?,54?,55+,56?,57+,69?,70?,71-,72?,73?,74?,75?,76-,77-,79+,80?,81-,82+,84-,85-,86+,87?,88+,89-/m0/s1. The number of aliphatic hydroxyl groups excluding tert-OH is 2. The summed E-state index contributed by atoms with van der Waals surface area (Å²) < 4.78 is 101. The number of ketones is 1. The lowest BCUT2D eigenvalue weighted by atomic mass is 9.79. The summed E-state index contributed by atoms with van der Waals surface area (Å²) in [6.07, 6.45) is -16.6. The minimum atomic E-state index is -1.72. The third-order valence-electron chi connectivity index (χ3n) is 24.1. The van der Waals surface area contributed by atoms with Crippen molar-refractivity contribution in [1.82, 2.24) is 16.1 Å². The Morgan fingerprint density at radius 1 is 0.456 bits per heavy atom. The molecule has 13 rings (SSSR count). The number of rotatable bonds is 32. The van der Waals surface area contributed by atoms with Gasteiger partial charge in [-0.05, 0) is 63.6 Å². The third-order valence-corrected chi connectivity index (χ3v) is 24.1. The quantitative estimate of drug-likeness (QED) is 0.0149. The van der Waals surface area contributed by atoms with Crippen LogP contribution in [0.5, 0.6) is 0 Å². The van der Waals surface area contributed by atoms with Crippen LogP contribution in [0.4, 0.5) is 0 Å². The third kappa shape index (κ3) is 20.1. The number of nitrogens with one attached hydrogen (secondary N) is 3. The van der Waals surface area contributed by atoms with Gasteiger partial charge in [-0.2, -0.15) is 5.48 Å². The van der Waals surface area contributed by atoms with E-state index in [9.17, 15) is 29.4 Å². The molecule has 1 aliphatic carbocycles. The number of Topliss-reactive ketones (excluding diaryl/α,β-unsaturated/α-hetero) is 1. The van der Waals surface area contributed by atoms with Gasteiger partial charge in [-0.25, -0.2) is 4.79 Å². The van der Waals surface area contributed by atoms with E-state index >= 15 is 0 Å². The van der Waals surface area contributed by atoms with E-state index in [0.29, 0.717) is 13.2 Å². The SMILES string of the molecule is CC(=O)NC1C(C)C(O[C@@H]2OC3COC(c4ccccc4)O[C@@H]3[C@H](C)C2C)[C@H](COCc2ccccc2)O[C@H]1OCC1O[C@H](ON[C@H](C(=O)C(=O)OCC2c3ccccc3-c3ccccc32)[C@@H](C)O)C(C)[C@@H](O[C@@H]2OC(COCc3ccccc3)[C@@H](O[C@@H]3OC(COCc4ccccc4)[C@H](C)[C@H](C)C3C)[C@H](C)C2NC(C)=O)[C@H]1O. The minimum absolute atomic E-state index is 0.00379. The number of hydroxylamine groups is 1. The lowest BCUT2D eigenvalue weighted by molar-refractivity contribution is -0.368. The van der Waals surface area contributed by atoms with Crippen molar-refractivity contribution in [2.75, 3.05) is 39.6 Å². The van der Waals surface area contributed by atoms with E-state index in [1.807, 2.05) is 184 Å². The van der Waals surface area contributed by atoms with E-state index in [4.69, 9.17) is 75.9 Å². The van der Waals surface area contributed by atoms with Gasteiger partial charge in [0, 0.05) is 54.9 Å². The van der Waals surface area contributed by atoms with Crippen LogP contribution in [0.3, 0.4) is 0 Å². The Balaban J connectivity index is 0.774. The summed E-state index contributed by atoms with van der Waals surface area (Å²) in [4.78, 5) is 62.1. The fraction of sp³-hybridized carbons (Fsp3) is 0.551. The Labute approximate surface area is 668 Å². The van der Waals surface area contributed by atoms with Crippen molar-refractivity contribution in [2.45, 2.75) is 225 Å². The molecule has 0 aromatic heterocycles. The maximum atomic E-state index is 14.4. The molecule has 6 aromatic carbocycles. The molecule has 2 amide bonds. The Kier molecular flexibility index (Phi) is 29.2. The normalized spacial score (nSPS) is 34.0. The number of hydrogen-bond donors (Lipinski definition) is 5. The number of amides is 2. The van der Waals surface area contributed by atoms with Crippen LogP contribution in [0.15, 0.2) is 170 Å². The van der Waals surface area contributed by atoms with Crippen LogP contribution in [0.25, 0.3) is 11.1 Å². The molecule has 6 heterocycles. The first-order chi connectivity index (χ1) is 55.1. The first-order valence-electron chi connectivity index (χ1n) is 40.3. The molecule has 25 heteroatoms. The second-order valence-corrected chi connectivity index (χ2v) is 32.0.